The Labute approximate surface area is 397 Å². The van der Waals surface area contributed by atoms with Crippen LogP contribution in [0.2, 0.25) is 0 Å². The van der Waals surface area contributed by atoms with E-state index in [0.717, 1.165) is 54.3 Å². The average molecular weight is 1060 g/mol. The Morgan fingerprint density at radius 2 is 1.17 bits per heavy atom. The lowest BCUT2D eigenvalue weighted by molar-refractivity contribution is 0.112. The van der Waals surface area contributed by atoms with Crippen molar-refractivity contribution < 1.29 is 27.2 Å². The minimum atomic E-state index is -3.08. The number of fused-ring (bicyclic) bond motifs is 2. The predicted octanol–water partition coefficient (Wildman–Crippen LogP) is 12.4. The summed E-state index contributed by atoms with van der Waals surface area (Å²) in [7, 11) is 0.662. The minimum absolute atomic E-state index is 0.172. The van der Waals surface area contributed by atoms with E-state index in [4.69, 9.17) is 24.6 Å². The van der Waals surface area contributed by atoms with Gasteiger partial charge >= 0.3 is 7.60 Å². The lowest BCUT2D eigenvalue weighted by Gasteiger charge is -2.16. The van der Waals surface area contributed by atoms with Gasteiger partial charge in [0.05, 0.1) is 36.7 Å². The third-order valence-electron chi connectivity index (χ3n) is 8.98. The first-order chi connectivity index (χ1) is 31.3. The summed E-state index contributed by atoms with van der Waals surface area (Å²) in [5.74, 6) is 0.869. The number of allylic oxidation sites excluding steroid dienone is 1. The number of aldehydes is 1. The van der Waals surface area contributed by atoms with Gasteiger partial charge < -0.3 is 18.8 Å². The molecular formula is C44H37Br2F2N10O4PS2. The molecule has 8 rings (SSSR count). The Morgan fingerprint density at radius 1 is 0.723 bits per heavy atom. The summed E-state index contributed by atoms with van der Waals surface area (Å²) in [6, 6.07) is 23.8. The number of carbonyl (C=O) groups is 1. The molecule has 0 saturated heterocycles. The molecule has 0 amide bonds. The summed E-state index contributed by atoms with van der Waals surface area (Å²) < 4.78 is 52.9. The molecule has 14 nitrogen and oxygen atoms in total. The van der Waals surface area contributed by atoms with Crippen LogP contribution in [0.25, 0.3) is 39.9 Å². The Balaban J connectivity index is 0.000000177. The molecule has 0 radical (unpaired) electrons. The second kappa shape index (κ2) is 22.3. The van der Waals surface area contributed by atoms with E-state index >= 15 is 0 Å². The highest BCUT2D eigenvalue weighted by molar-refractivity contribution is 9.10. The molecule has 0 spiro atoms. The summed E-state index contributed by atoms with van der Waals surface area (Å²) in [5.41, 5.74) is 5.65. The number of halogens is 4. The number of aromatic nitrogens is 6. The summed E-state index contributed by atoms with van der Waals surface area (Å²) in [4.78, 5) is 33.6. The van der Waals surface area contributed by atoms with E-state index in [1.807, 2.05) is 86.2 Å². The number of hydrogen-bond donors (Lipinski definition) is 0. The number of anilines is 4. The van der Waals surface area contributed by atoms with Crippen molar-refractivity contribution in [2.45, 2.75) is 13.8 Å². The van der Waals surface area contributed by atoms with Gasteiger partial charge in [0.25, 0.3) is 0 Å². The molecule has 65 heavy (non-hydrogen) atoms. The van der Waals surface area contributed by atoms with Crippen molar-refractivity contribution in [3.05, 3.63) is 134 Å². The Morgan fingerprint density at radius 3 is 1.58 bits per heavy atom. The van der Waals surface area contributed by atoms with Crippen LogP contribution in [-0.2, 0) is 13.6 Å². The number of pyridine rings is 2. The summed E-state index contributed by atoms with van der Waals surface area (Å²) in [5, 5.41) is 22.5. The van der Waals surface area contributed by atoms with Gasteiger partial charge in [-0.25, -0.2) is 28.7 Å². The van der Waals surface area contributed by atoms with Crippen LogP contribution >= 0.6 is 62.1 Å². The number of rotatable bonds is 13. The highest BCUT2D eigenvalue weighted by atomic mass is 79.9. The third kappa shape index (κ3) is 11.8. The van der Waals surface area contributed by atoms with Crippen LogP contribution in [0.1, 0.15) is 30.0 Å². The normalized spacial score (nSPS) is 11.1. The highest BCUT2D eigenvalue weighted by Gasteiger charge is 2.23. The largest absolute Gasteiger partial charge is 0.344 e. The number of nitrogens with zero attached hydrogens (tertiary/aromatic N) is 10. The number of imidazole rings is 2. The van der Waals surface area contributed by atoms with Gasteiger partial charge in [-0.2, -0.15) is 10.5 Å². The van der Waals surface area contributed by atoms with Gasteiger partial charge in [0.2, 0.25) is 0 Å². The topological polar surface area (TPSA) is 167 Å². The number of thiazole rings is 2. The molecule has 0 aliphatic heterocycles. The van der Waals surface area contributed by atoms with E-state index in [0.29, 0.717) is 41.2 Å². The molecule has 0 aliphatic rings. The number of carbonyl (C=O) groups excluding carboxylic acids is 1. The molecule has 0 N–H and O–H groups in total. The molecule has 0 bridgehead atoms. The first-order valence-corrected chi connectivity index (χ1v) is 24.4. The standard InChI is InChI=1S/C20H13BrFN5S.C18H12BrFN4OS.C6H12NO3P/c1-26(20-25-17(12-28-20)13-4-7-15(22)8-5-13)19-16(3-2-10-23)24-18-9-6-14(21)11-27(18)19;1-23(17-14(9-25)21-16-7-4-12(19)8-24(16)17)18-22-15(10-26-18)11-2-5-13(20)6-3-11;1-3-9-11(8,6-5-7)10-4-2/h2-9,11-12H,1H3;2-10H,1H3;3-4,6H2,1-2H3/b3-2+;;. The zero-order valence-electron chi connectivity index (χ0n) is 35.0. The first kappa shape index (κ1) is 48.5. The molecular weight excluding hydrogens is 1030 g/mol. The fraction of sp³-hybridized carbons (Fsp3) is 0.159. The van der Waals surface area contributed by atoms with Gasteiger partial charge in [0.1, 0.15) is 52.1 Å². The van der Waals surface area contributed by atoms with Crippen LogP contribution in [-0.4, -0.2) is 68.5 Å². The van der Waals surface area contributed by atoms with Gasteiger partial charge in [-0.3, -0.25) is 18.2 Å². The molecule has 6 heterocycles. The molecule has 8 aromatic rings. The second-order valence-electron chi connectivity index (χ2n) is 13.3. The van der Waals surface area contributed by atoms with Gasteiger partial charge in [-0.05, 0) is 125 Å². The smallest absolute Gasteiger partial charge is 0.308 e. The molecule has 0 saturated carbocycles. The fourth-order valence-electron chi connectivity index (χ4n) is 6.16. The summed E-state index contributed by atoms with van der Waals surface area (Å²) >= 11 is 9.86. The van der Waals surface area contributed by atoms with Gasteiger partial charge in [0.15, 0.2) is 16.5 Å². The number of hydrogen-bond acceptors (Lipinski definition) is 14. The summed E-state index contributed by atoms with van der Waals surface area (Å²) in [6.45, 7) is 4.03. The lowest BCUT2D eigenvalue weighted by atomic mass is 10.2. The SMILES string of the molecule is CCOP(=O)(CC#N)OCC.CN(c1nc(-c2ccc(F)cc2)cs1)c1c(/C=C/C#N)nc2ccc(Br)cn12.CN(c1nc(-c2ccc(F)cc2)cs1)c1c(C=O)nc2ccc(Br)cn12. The maximum atomic E-state index is 13.2. The van der Waals surface area contributed by atoms with Crippen LogP contribution < -0.4 is 9.80 Å². The van der Waals surface area contributed by atoms with Crippen molar-refractivity contribution in [3.63, 3.8) is 0 Å². The lowest BCUT2D eigenvalue weighted by Crippen LogP contribution is -2.13. The Kier molecular flexibility index (Phi) is 16.6. The van der Waals surface area contributed by atoms with Crippen LogP contribution in [0.15, 0.2) is 111 Å². The quantitative estimate of drug-likeness (QED) is 0.0610. The molecule has 332 valence electrons. The Hall–Kier alpha value is -5.96. The molecule has 21 heteroatoms. The van der Waals surface area contributed by atoms with E-state index in [1.54, 1.807) is 50.3 Å². The van der Waals surface area contributed by atoms with Crippen molar-refractivity contribution >= 4 is 108 Å². The molecule has 6 aromatic heterocycles. The van der Waals surface area contributed by atoms with Gasteiger partial charge in [-0.15, -0.1) is 22.7 Å². The maximum Gasteiger partial charge on any atom is 0.344 e. The van der Waals surface area contributed by atoms with Gasteiger partial charge in [-0.1, -0.05) is 0 Å². The molecule has 2 aromatic carbocycles. The van der Waals surface area contributed by atoms with Crippen LogP contribution in [0, 0.1) is 34.3 Å². The zero-order chi connectivity index (χ0) is 46.7. The second-order valence-corrected chi connectivity index (χ2v) is 18.9. The van der Waals surface area contributed by atoms with Crippen molar-refractivity contribution in [2.24, 2.45) is 0 Å². The minimum Gasteiger partial charge on any atom is -0.308 e. The molecule has 0 unspecified atom stereocenters. The third-order valence-corrected chi connectivity index (χ3v) is 13.6. The molecule has 0 atom stereocenters. The van der Waals surface area contributed by atoms with E-state index in [9.17, 15) is 18.1 Å². The highest BCUT2D eigenvalue weighted by Crippen LogP contribution is 2.47. The van der Waals surface area contributed by atoms with E-state index < -0.39 is 7.60 Å². The van der Waals surface area contributed by atoms with Crippen LogP contribution in [0.3, 0.4) is 0 Å². The van der Waals surface area contributed by atoms with E-state index in [2.05, 4.69) is 46.8 Å². The zero-order valence-corrected chi connectivity index (χ0v) is 40.7. The van der Waals surface area contributed by atoms with Gasteiger partial charge in [0, 0.05) is 63.4 Å². The van der Waals surface area contributed by atoms with Crippen molar-refractivity contribution in [1.29, 1.82) is 10.5 Å². The molecule has 0 aliphatic carbocycles. The van der Waals surface area contributed by atoms with E-state index in [1.165, 1.54) is 53.0 Å². The maximum absolute atomic E-state index is 13.2. The summed E-state index contributed by atoms with van der Waals surface area (Å²) in [6.07, 6.45) is 7.43. The molecule has 0 fully saturated rings. The number of benzene rings is 2. The number of nitriles is 2. The average Bonchev–Trinajstić information content (AvgIpc) is 4.12. The monoisotopic (exact) mass is 1060 g/mol. The first-order valence-electron chi connectivity index (χ1n) is 19.3. The van der Waals surface area contributed by atoms with Crippen LogP contribution in [0.4, 0.5) is 30.7 Å². The van der Waals surface area contributed by atoms with Crippen molar-refractivity contribution in [3.8, 4) is 34.7 Å². The Bertz CT molecular complexity index is 3080. The van der Waals surface area contributed by atoms with Crippen molar-refractivity contribution in [1.82, 2.24) is 28.7 Å². The van der Waals surface area contributed by atoms with Crippen molar-refractivity contribution in [2.75, 3.05) is 43.3 Å². The predicted molar refractivity (Wildman–Crippen MR) is 258 cm³/mol. The fourth-order valence-corrected chi connectivity index (χ4v) is 9.65. The van der Waals surface area contributed by atoms with E-state index in [-0.39, 0.29) is 17.8 Å². The van der Waals surface area contributed by atoms with Crippen LogP contribution in [0.5, 0.6) is 0 Å².